The number of aliphatic hydroxyl groups excluding tert-OH is 5. The summed E-state index contributed by atoms with van der Waals surface area (Å²) in [5, 5.41) is 71.3. The number of carbonyl (C=O) groups is 2. The number of ether oxygens (including phenoxy) is 2. The molecule has 0 amide bonds. The van der Waals surface area contributed by atoms with E-state index in [2.05, 4.69) is 6.92 Å². The number of ketones is 1. The van der Waals surface area contributed by atoms with Gasteiger partial charge < -0.3 is 45.2 Å². The largest absolute Gasteiger partial charge is 0.479 e. The monoisotopic (exact) mass is 542 g/mol. The highest BCUT2D eigenvalue weighted by atomic mass is 16.7. The average Bonchev–Trinajstić information content (AvgIpc) is 3.14. The van der Waals surface area contributed by atoms with Crippen molar-refractivity contribution in [2.45, 2.75) is 114 Å². The van der Waals surface area contributed by atoms with E-state index in [0.717, 1.165) is 12.8 Å². The molecule has 0 bridgehead atoms. The van der Waals surface area contributed by atoms with Crippen LogP contribution in [0.1, 0.15) is 65.2 Å². The smallest absolute Gasteiger partial charge is 0.335 e. The fraction of sp³-hybridized carbons (Fsp3) is 0.926. The van der Waals surface area contributed by atoms with Gasteiger partial charge in [0.15, 0.2) is 12.4 Å². The van der Waals surface area contributed by atoms with Crippen LogP contribution in [0.4, 0.5) is 0 Å². The number of Topliss-reactive ketones (excluding diaryl/α,β-unsaturated/α-hetero) is 1. The molecule has 4 saturated carbocycles. The van der Waals surface area contributed by atoms with Gasteiger partial charge in [-0.1, -0.05) is 13.8 Å². The van der Waals surface area contributed by atoms with Crippen LogP contribution < -0.4 is 0 Å². The number of aliphatic hydroxyl groups is 6. The summed E-state index contributed by atoms with van der Waals surface area (Å²) in [4.78, 5) is 25.2. The molecule has 0 radical (unpaired) electrons. The second-order valence-corrected chi connectivity index (χ2v) is 13.0. The first-order valence-electron chi connectivity index (χ1n) is 13.9. The third-order valence-electron chi connectivity index (χ3n) is 11.4. The van der Waals surface area contributed by atoms with Crippen molar-refractivity contribution in [1.82, 2.24) is 0 Å². The lowest BCUT2D eigenvalue weighted by molar-refractivity contribution is -0.309. The first-order chi connectivity index (χ1) is 17.8. The first-order valence-corrected chi connectivity index (χ1v) is 13.9. The SMILES string of the molecule is C[C@]12CC[C@@H](O[C@@H]3O[C@H](C(=O)O)[C@@H](O)[C@H](O)[C@H]3O)C[C@@H]1CC[C@@H]1[C@@H]2C(=O)C[C@@]2(C)[C@H]1CC[C@]2(O)[C@@H](O)CO. The minimum atomic E-state index is -1.78. The molecule has 11 nitrogen and oxygen atoms in total. The number of hydrogen-bond donors (Lipinski definition) is 7. The van der Waals surface area contributed by atoms with E-state index >= 15 is 0 Å². The minimum absolute atomic E-state index is 0.0646. The highest BCUT2D eigenvalue weighted by Crippen LogP contribution is 2.67. The van der Waals surface area contributed by atoms with E-state index in [1.54, 1.807) is 0 Å². The lowest BCUT2D eigenvalue weighted by Crippen LogP contribution is -2.63. The van der Waals surface area contributed by atoms with E-state index in [1.807, 2.05) is 6.92 Å². The maximum atomic E-state index is 13.8. The van der Waals surface area contributed by atoms with Gasteiger partial charge in [-0.25, -0.2) is 4.79 Å². The van der Waals surface area contributed by atoms with Crippen LogP contribution in [0.15, 0.2) is 0 Å². The molecule has 5 fully saturated rings. The maximum absolute atomic E-state index is 13.8. The molecule has 216 valence electrons. The van der Waals surface area contributed by atoms with Crippen molar-refractivity contribution in [1.29, 1.82) is 0 Å². The van der Waals surface area contributed by atoms with Crippen LogP contribution in [0.3, 0.4) is 0 Å². The lowest BCUT2D eigenvalue weighted by atomic mass is 9.44. The molecule has 1 heterocycles. The van der Waals surface area contributed by atoms with Crippen LogP contribution >= 0.6 is 0 Å². The summed E-state index contributed by atoms with van der Waals surface area (Å²) < 4.78 is 11.3. The summed E-state index contributed by atoms with van der Waals surface area (Å²) in [5.74, 6) is -1.26. The van der Waals surface area contributed by atoms with Crippen LogP contribution in [0.25, 0.3) is 0 Å². The van der Waals surface area contributed by atoms with E-state index in [1.165, 1.54) is 0 Å². The summed E-state index contributed by atoms with van der Waals surface area (Å²) >= 11 is 0. The van der Waals surface area contributed by atoms with Gasteiger partial charge in [0.25, 0.3) is 0 Å². The van der Waals surface area contributed by atoms with Crippen molar-refractivity contribution < 1.29 is 54.8 Å². The molecule has 5 aliphatic rings. The number of hydrogen-bond acceptors (Lipinski definition) is 10. The van der Waals surface area contributed by atoms with E-state index in [9.17, 15) is 45.3 Å². The Hall–Kier alpha value is -1.18. The van der Waals surface area contributed by atoms with Gasteiger partial charge in [-0.3, -0.25) is 4.79 Å². The molecule has 0 aromatic heterocycles. The minimum Gasteiger partial charge on any atom is -0.479 e. The van der Waals surface area contributed by atoms with Crippen molar-refractivity contribution in [3.63, 3.8) is 0 Å². The summed E-state index contributed by atoms with van der Waals surface area (Å²) in [5.41, 5.74) is -2.58. The zero-order chi connectivity index (χ0) is 27.8. The standard InChI is InChI=1S/C27H42O11/c1-25-7-5-13(37-24-21(33)19(31)20(32)22(38-24)23(34)35)9-12(25)3-4-14-15-6-8-27(36,17(30)11-28)26(15,2)10-16(29)18(14)25/h12-15,17-22,24,28,30-33,36H,3-11H2,1-2H3,(H,34,35)/t12-,13+,14-,15-,17-,18+,19-,20-,21+,22-,24+,25-,26-,27-/m0/s1. The van der Waals surface area contributed by atoms with Gasteiger partial charge in [-0.2, -0.15) is 0 Å². The Labute approximate surface area is 221 Å². The average molecular weight is 543 g/mol. The molecule has 5 rings (SSSR count). The molecule has 38 heavy (non-hydrogen) atoms. The zero-order valence-corrected chi connectivity index (χ0v) is 22.0. The summed E-state index contributed by atoms with van der Waals surface area (Å²) in [6, 6.07) is 0. The van der Waals surface area contributed by atoms with E-state index in [4.69, 9.17) is 9.47 Å². The third-order valence-corrected chi connectivity index (χ3v) is 11.4. The Morgan fingerprint density at radius 1 is 1.08 bits per heavy atom. The molecule has 1 aliphatic heterocycles. The van der Waals surface area contributed by atoms with E-state index < -0.39 is 60.4 Å². The Kier molecular flexibility index (Phi) is 7.26. The predicted molar refractivity (Wildman–Crippen MR) is 129 cm³/mol. The van der Waals surface area contributed by atoms with Crippen LogP contribution in [-0.4, -0.2) is 103 Å². The number of rotatable bonds is 5. The van der Waals surface area contributed by atoms with Crippen molar-refractivity contribution in [3.8, 4) is 0 Å². The second kappa shape index (κ2) is 9.73. The molecule has 1 saturated heterocycles. The molecule has 0 aromatic carbocycles. The first kappa shape index (κ1) is 28.4. The highest BCUT2D eigenvalue weighted by molar-refractivity contribution is 5.84. The molecule has 4 aliphatic carbocycles. The van der Waals surface area contributed by atoms with Crippen molar-refractivity contribution >= 4 is 11.8 Å². The molecule has 0 unspecified atom stereocenters. The Morgan fingerprint density at radius 3 is 2.45 bits per heavy atom. The van der Waals surface area contributed by atoms with Crippen LogP contribution in [0.5, 0.6) is 0 Å². The van der Waals surface area contributed by atoms with Crippen LogP contribution in [-0.2, 0) is 19.1 Å². The Balaban J connectivity index is 1.31. The molecule has 14 atom stereocenters. The molecular weight excluding hydrogens is 500 g/mol. The second-order valence-electron chi connectivity index (χ2n) is 13.0. The quantitative estimate of drug-likeness (QED) is 0.223. The summed E-state index contributed by atoms with van der Waals surface area (Å²) in [7, 11) is 0. The molecule has 0 spiro atoms. The molecule has 0 aromatic rings. The maximum Gasteiger partial charge on any atom is 0.335 e. The number of carboxylic acid groups (broad SMARTS) is 1. The normalized spacial score (nSPS) is 53.5. The van der Waals surface area contributed by atoms with Crippen LogP contribution in [0.2, 0.25) is 0 Å². The van der Waals surface area contributed by atoms with Gasteiger partial charge >= 0.3 is 5.97 Å². The fourth-order valence-corrected chi connectivity index (χ4v) is 9.25. The van der Waals surface area contributed by atoms with Crippen molar-refractivity contribution in [2.75, 3.05) is 6.61 Å². The van der Waals surface area contributed by atoms with E-state index in [-0.39, 0.29) is 47.4 Å². The fourth-order valence-electron chi connectivity index (χ4n) is 9.25. The highest BCUT2D eigenvalue weighted by Gasteiger charge is 2.68. The zero-order valence-electron chi connectivity index (χ0n) is 22.0. The van der Waals surface area contributed by atoms with Gasteiger partial charge in [-0.15, -0.1) is 0 Å². The Morgan fingerprint density at radius 2 is 1.79 bits per heavy atom. The molecule has 11 heteroatoms. The predicted octanol–water partition coefficient (Wildman–Crippen LogP) is -0.430. The van der Waals surface area contributed by atoms with Gasteiger partial charge in [0, 0.05) is 17.8 Å². The van der Waals surface area contributed by atoms with Crippen LogP contribution in [0, 0.1) is 34.5 Å². The topological polar surface area (TPSA) is 194 Å². The number of carboxylic acids is 1. The third kappa shape index (κ3) is 4.00. The van der Waals surface area contributed by atoms with Gasteiger partial charge in [-0.05, 0) is 68.1 Å². The van der Waals surface area contributed by atoms with Crippen molar-refractivity contribution in [2.24, 2.45) is 34.5 Å². The summed E-state index contributed by atoms with van der Waals surface area (Å²) in [6.07, 6.45) is -5.21. The summed E-state index contributed by atoms with van der Waals surface area (Å²) in [6.45, 7) is 3.49. The van der Waals surface area contributed by atoms with Gasteiger partial charge in [0.2, 0.25) is 0 Å². The van der Waals surface area contributed by atoms with E-state index in [0.29, 0.717) is 32.1 Å². The lowest BCUT2D eigenvalue weighted by Gasteiger charge is -2.61. The number of aliphatic carboxylic acids is 1. The van der Waals surface area contributed by atoms with Gasteiger partial charge in [0.05, 0.1) is 18.3 Å². The van der Waals surface area contributed by atoms with Crippen molar-refractivity contribution in [3.05, 3.63) is 0 Å². The van der Waals surface area contributed by atoms with Gasteiger partial charge in [0.1, 0.15) is 30.2 Å². The number of carbonyl (C=O) groups excluding carboxylic acids is 1. The number of fused-ring (bicyclic) bond motifs is 5. The molecule has 7 N–H and O–H groups in total. The Bertz CT molecular complexity index is 944. The molecular formula is C27H42O11.